The van der Waals surface area contributed by atoms with Gasteiger partial charge in [0.2, 0.25) is 15.9 Å². The number of rotatable bonds is 5. The van der Waals surface area contributed by atoms with Crippen molar-refractivity contribution < 1.29 is 17.9 Å². The number of aromatic nitrogens is 1. The van der Waals surface area contributed by atoms with Crippen molar-refractivity contribution in [2.24, 2.45) is 5.73 Å². The van der Waals surface area contributed by atoms with Gasteiger partial charge in [0, 0.05) is 19.3 Å². The van der Waals surface area contributed by atoms with Gasteiger partial charge in [0.25, 0.3) is 0 Å². The number of nitrogens with zero attached hydrogens (tertiary/aromatic N) is 2. The maximum Gasteiger partial charge on any atom is 0.244 e. The van der Waals surface area contributed by atoms with E-state index >= 15 is 0 Å². The van der Waals surface area contributed by atoms with Gasteiger partial charge in [-0.1, -0.05) is 11.8 Å². The van der Waals surface area contributed by atoms with E-state index in [1.54, 1.807) is 13.0 Å². The molecule has 1 aliphatic heterocycles. The van der Waals surface area contributed by atoms with Gasteiger partial charge in [-0.25, -0.2) is 13.4 Å². The van der Waals surface area contributed by atoms with E-state index in [-0.39, 0.29) is 4.90 Å². The number of morpholine rings is 1. The number of primary amides is 1. The van der Waals surface area contributed by atoms with Crippen molar-refractivity contribution in [2.75, 3.05) is 26.3 Å². The number of sulfonamides is 1. The summed E-state index contributed by atoms with van der Waals surface area (Å²) < 4.78 is 31.3. The van der Waals surface area contributed by atoms with E-state index in [1.165, 1.54) is 28.3 Å². The summed E-state index contributed by atoms with van der Waals surface area (Å²) >= 11 is 1.19. The number of carbonyl (C=O) groups excluding carboxylic acids is 1. The van der Waals surface area contributed by atoms with E-state index in [2.05, 4.69) is 4.98 Å². The maximum absolute atomic E-state index is 12.4. The van der Waals surface area contributed by atoms with Gasteiger partial charge in [-0.3, -0.25) is 4.79 Å². The van der Waals surface area contributed by atoms with Crippen LogP contribution < -0.4 is 5.73 Å². The summed E-state index contributed by atoms with van der Waals surface area (Å²) in [4.78, 5) is 15.2. The van der Waals surface area contributed by atoms with Gasteiger partial charge >= 0.3 is 0 Å². The molecule has 0 spiro atoms. The Morgan fingerprint density at radius 1 is 1.43 bits per heavy atom. The van der Waals surface area contributed by atoms with E-state index in [0.29, 0.717) is 31.3 Å². The first-order valence-corrected chi connectivity index (χ1v) is 8.73. The van der Waals surface area contributed by atoms with E-state index in [1.807, 2.05) is 0 Å². The molecule has 2 N–H and O–H groups in total. The van der Waals surface area contributed by atoms with Crippen molar-refractivity contribution in [3.05, 3.63) is 18.3 Å². The summed E-state index contributed by atoms with van der Waals surface area (Å²) in [5, 5.41) is 0.140. The average molecular weight is 331 g/mol. The first-order valence-electron chi connectivity index (χ1n) is 6.41. The molecule has 1 fully saturated rings. The predicted octanol–water partition coefficient (Wildman–Crippen LogP) is 0.0684. The summed E-state index contributed by atoms with van der Waals surface area (Å²) in [7, 11) is -3.53. The van der Waals surface area contributed by atoms with Crippen molar-refractivity contribution in [1.82, 2.24) is 9.29 Å². The van der Waals surface area contributed by atoms with Crippen molar-refractivity contribution in [3.8, 4) is 0 Å². The summed E-state index contributed by atoms with van der Waals surface area (Å²) in [5.74, 6) is -0.438. The minimum atomic E-state index is -3.53. The lowest BCUT2D eigenvalue weighted by molar-refractivity contribution is -0.117. The average Bonchev–Trinajstić information content (AvgIpc) is 2.48. The molecule has 7 nitrogen and oxygen atoms in total. The van der Waals surface area contributed by atoms with Crippen LogP contribution in [0.4, 0.5) is 0 Å². The van der Waals surface area contributed by atoms with Crippen LogP contribution in [0.15, 0.2) is 28.3 Å². The van der Waals surface area contributed by atoms with Crippen LogP contribution in [0, 0.1) is 0 Å². The van der Waals surface area contributed by atoms with Crippen molar-refractivity contribution >= 4 is 27.7 Å². The normalized spacial score (nSPS) is 18.3. The molecular formula is C12H17N3O4S2. The number of amides is 1. The molecule has 1 amide bonds. The van der Waals surface area contributed by atoms with Crippen molar-refractivity contribution in [1.29, 1.82) is 0 Å². The summed E-state index contributed by atoms with van der Waals surface area (Å²) in [6, 6.07) is 3.07. The molecule has 9 heteroatoms. The van der Waals surface area contributed by atoms with Crippen molar-refractivity contribution in [3.63, 3.8) is 0 Å². The number of hydrogen-bond donors (Lipinski definition) is 1. The molecule has 1 aromatic rings. The van der Waals surface area contributed by atoms with Crippen LogP contribution in [-0.2, 0) is 19.6 Å². The molecular weight excluding hydrogens is 314 g/mol. The quantitative estimate of drug-likeness (QED) is 0.766. The second kappa shape index (κ2) is 6.73. The largest absolute Gasteiger partial charge is 0.379 e. The Bertz CT molecular complexity index is 597. The molecule has 0 bridgehead atoms. The van der Waals surface area contributed by atoms with Crippen LogP contribution in [0.3, 0.4) is 0 Å². The Balaban J connectivity index is 2.12. The van der Waals surface area contributed by atoms with Crippen LogP contribution in [0.2, 0.25) is 0 Å². The second-order valence-corrected chi connectivity index (χ2v) is 7.81. The monoisotopic (exact) mass is 331 g/mol. The highest BCUT2D eigenvalue weighted by Crippen LogP contribution is 2.23. The SMILES string of the molecule is CC(Sc1ccc(S(=O)(=O)N2CCOCC2)cn1)C(N)=O. The molecule has 2 heterocycles. The first kappa shape index (κ1) is 16.2. The van der Waals surface area contributed by atoms with E-state index in [4.69, 9.17) is 10.5 Å². The van der Waals surface area contributed by atoms with Gasteiger partial charge in [-0.2, -0.15) is 4.31 Å². The molecule has 0 radical (unpaired) electrons. The molecule has 0 saturated carbocycles. The molecule has 0 aromatic carbocycles. The minimum Gasteiger partial charge on any atom is -0.379 e. The first-order chi connectivity index (χ1) is 9.91. The lowest BCUT2D eigenvalue weighted by Gasteiger charge is -2.25. The minimum absolute atomic E-state index is 0.139. The molecule has 1 atom stereocenters. The fraction of sp³-hybridized carbons (Fsp3) is 0.500. The number of hydrogen-bond acceptors (Lipinski definition) is 6. The third kappa shape index (κ3) is 3.94. The molecule has 0 aliphatic carbocycles. The van der Waals surface area contributed by atoms with E-state index in [0.717, 1.165) is 0 Å². The number of nitrogens with two attached hydrogens (primary N) is 1. The van der Waals surface area contributed by atoms with Gasteiger partial charge in [-0.05, 0) is 19.1 Å². The zero-order valence-corrected chi connectivity index (χ0v) is 13.2. The Morgan fingerprint density at radius 2 is 2.10 bits per heavy atom. The van der Waals surface area contributed by atoms with Crippen molar-refractivity contribution in [2.45, 2.75) is 22.1 Å². The molecule has 1 unspecified atom stereocenters. The highest BCUT2D eigenvalue weighted by molar-refractivity contribution is 8.00. The Labute approximate surface area is 127 Å². The van der Waals surface area contributed by atoms with Gasteiger partial charge in [0.05, 0.1) is 23.5 Å². The maximum atomic E-state index is 12.4. The van der Waals surface area contributed by atoms with E-state index < -0.39 is 21.2 Å². The summed E-state index contributed by atoms with van der Waals surface area (Å²) in [5.41, 5.74) is 5.18. The number of carbonyl (C=O) groups is 1. The third-order valence-electron chi connectivity index (χ3n) is 3.02. The molecule has 116 valence electrons. The molecule has 1 saturated heterocycles. The third-order valence-corrected chi connectivity index (χ3v) is 5.97. The Morgan fingerprint density at radius 3 is 2.62 bits per heavy atom. The highest BCUT2D eigenvalue weighted by Gasteiger charge is 2.26. The van der Waals surface area contributed by atoms with Crippen LogP contribution in [0.5, 0.6) is 0 Å². The Kier molecular flexibility index (Phi) is 5.20. The lowest BCUT2D eigenvalue weighted by atomic mass is 10.5. The second-order valence-electron chi connectivity index (χ2n) is 4.51. The van der Waals surface area contributed by atoms with E-state index in [9.17, 15) is 13.2 Å². The van der Waals surface area contributed by atoms with Crippen LogP contribution in [0.1, 0.15) is 6.92 Å². The number of thioether (sulfide) groups is 1. The van der Waals surface area contributed by atoms with Gasteiger partial charge in [0.1, 0.15) is 4.90 Å². The van der Waals surface area contributed by atoms with Gasteiger partial charge < -0.3 is 10.5 Å². The zero-order valence-electron chi connectivity index (χ0n) is 11.6. The number of pyridine rings is 1. The fourth-order valence-electron chi connectivity index (χ4n) is 1.76. The Hall–Kier alpha value is -1.16. The smallest absolute Gasteiger partial charge is 0.244 e. The topological polar surface area (TPSA) is 103 Å². The standard InChI is InChI=1S/C12H17N3O4S2/c1-9(12(13)16)20-11-3-2-10(8-14-11)21(17,18)15-4-6-19-7-5-15/h2-3,8-9H,4-7H2,1H3,(H2,13,16). The summed E-state index contributed by atoms with van der Waals surface area (Å²) in [6.07, 6.45) is 1.31. The molecule has 2 rings (SSSR count). The zero-order chi connectivity index (χ0) is 15.5. The molecule has 21 heavy (non-hydrogen) atoms. The highest BCUT2D eigenvalue weighted by atomic mass is 32.2. The van der Waals surface area contributed by atoms with Crippen LogP contribution in [0.25, 0.3) is 0 Å². The van der Waals surface area contributed by atoms with Gasteiger partial charge in [-0.15, -0.1) is 0 Å². The fourth-order valence-corrected chi connectivity index (χ4v) is 3.86. The predicted molar refractivity (Wildman–Crippen MR) is 78.3 cm³/mol. The number of ether oxygens (including phenoxy) is 1. The van der Waals surface area contributed by atoms with Crippen LogP contribution >= 0.6 is 11.8 Å². The van der Waals surface area contributed by atoms with Gasteiger partial charge in [0.15, 0.2) is 0 Å². The molecule has 1 aromatic heterocycles. The molecule has 1 aliphatic rings. The summed E-state index contributed by atoms with van der Waals surface area (Å²) in [6.45, 7) is 3.16. The van der Waals surface area contributed by atoms with Crippen LogP contribution in [-0.4, -0.2) is 55.2 Å². The lowest BCUT2D eigenvalue weighted by Crippen LogP contribution is -2.40.